The van der Waals surface area contributed by atoms with Crippen LogP contribution < -0.4 is 15.2 Å². The fourth-order valence-electron chi connectivity index (χ4n) is 5.08. The van der Waals surface area contributed by atoms with Crippen LogP contribution in [0.25, 0.3) is 11.0 Å². The first-order chi connectivity index (χ1) is 17.7. The number of hydrogen-bond donors (Lipinski definition) is 0. The number of nitrogens with zero attached hydrogens (tertiary/aromatic N) is 4. The van der Waals surface area contributed by atoms with E-state index in [4.69, 9.17) is 19.3 Å². The summed E-state index contributed by atoms with van der Waals surface area (Å²) in [5.41, 5.74) is 1.09. The first-order valence-corrected chi connectivity index (χ1v) is 12.7. The molecule has 3 atom stereocenters. The number of rotatable bonds is 6. The average molecular weight is 521 g/mol. The third kappa shape index (κ3) is 5.33. The van der Waals surface area contributed by atoms with Gasteiger partial charge in [0.15, 0.2) is 0 Å². The molecule has 11 heteroatoms. The molecule has 2 aliphatic heterocycles. The van der Waals surface area contributed by atoms with Gasteiger partial charge < -0.3 is 23.7 Å². The number of ether oxygens (including phenoxy) is 3. The van der Waals surface area contributed by atoms with Gasteiger partial charge in [-0.05, 0) is 50.8 Å². The number of aromatic nitrogens is 3. The summed E-state index contributed by atoms with van der Waals surface area (Å²) in [5, 5.41) is 4.81. The molecular weight excluding hydrogens is 489 g/mol. The minimum Gasteiger partial charge on any atom is -0.486 e. The van der Waals surface area contributed by atoms with E-state index < -0.39 is 17.8 Å². The number of halogens is 3. The van der Waals surface area contributed by atoms with Crippen molar-refractivity contribution < 1.29 is 27.4 Å². The van der Waals surface area contributed by atoms with E-state index in [1.807, 2.05) is 18.0 Å². The van der Waals surface area contributed by atoms with Crippen molar-refractivity contribution in [2.45, 2.75) is 57.2 Å². The predicted octanol–water partition coefficient (Wildman–Crippen LogP) is 4.52. The first kappa shape index (κ1) is 25.6. The minimum atomic E-state index is -4.46. The monoisotopic (exact) mass is 520 g/mol. The van der Waals surface area contributed by atoms with Crippen molar-refractivity contribution >= 4 is 16.7 Å². The van der Waals surface area contributed by atoms with Crippen molar-refractivity contribution in [2.75, 3.05) is 31.2 Å². The second kappa shape index (κ2) is 10.4. The zero-order valence-electron chi connectivity index (χ0n) is 20.9. The highest BCUT2D eigenvalue weighted by Crippen LogP contribution is 2.34. The fourth-order valence-corrected chi connectivity index (χ4v) is 5.08. The zero-order valence-corrected chi connectivity index (χ0v) is 20.9. The lowest BCUT2D eigenvalue weighted by Gasteiger charge is -2.39. The van der Waals surface area contributed by atoms with Crippen LogP contribution in [-0.2, 0) is 22.7 Å². The number of benzene rings is 1. The van der Waals surface area contributed by atoms with Crippen LogP contribution in [0.4, 0.5) is 18.9 Å². The Balaban J connectivity index is 1.46. The lowest BCUT2D eigenvalue weighted by atomic mass is 10.0. The number of fused-ring (bicyclic) bond motifs is 1. The maximum absolute atomic E-state index is 13.2. The van der Waals surface area contributed by atoms with Crippen LogP contribution in [0, 0.1) is 0 Å². The number of alkyl halides is 3. The molecule has 37 heavy (non-hydrogen) atoms. The Bertz CT molecular complexity index is 1300. The Morgan fingerprint density at radius 2 is 2.00 bits per heavy atom. The predicted molar refractivity (Wildman–Crippen MR) is 132 cm³/mol. The van der Waals surface area contributed by atoms with E-state index in [9.17, 15) is 18.0 Å². The summed E-state index contributed by atoms with van der Waals surface area (Å²) < 4.78 is 60.9. The van der Waals surface area contributed by atoms with Crippen LogP contribution in [0.2, 0.25) is 0 Å². The standard InChI is InChI=1S/C26H31F3N4O4/c1-3-35-21-10-11-32(16-22(21)37-18-8-6-7-17(13-18)26(27,28)29)19-14-23(34)31(2)20-15-33(30-25(19)20)24-9-4-5-12-36-24/h6-8,13-15,21-22,24H,3-5,9-12,16H2,1-2H3/t21-,22-,24?/m1/s1. The molecule has 0 bridgehead atoms. The largest absolute Gasteiger partial charge is 0.486 e. The van der Waals surface area contributed by atoms with Crippen LogP contribution in [-0.4, -0.2) is 52.9 Å². The van der Waals surface area contributed by atoms with Crippen LogP contribution in [0.5, 0.6) is 5.75 Å². The molecule has 1 unspecified atom stereocenters. The number of anilines is 1. The molecule has 200 valence electrons. The summed E-state index contributed by atoms with van der Waals surface area (Å²) in [6, 6.07) is 6.43. The van der Waals surface area contributed by atoms with Gasteiger partial charge >= 0.3 is 6.18 Å². The maximum Gasteiger partial charge on any atom is 0.416 e. The molecule has 0 N–H and O–H groups in total. The molecule has 0 radical (unpaired) electrons. The Morgan fingerprint density at radius 1 is 1.16 bits per heavy atom. The Kier molecular flexibility index (Phi) is 7.17. The van der Waals surface area contributed by atoms with Gasteiger partial charge in [0.1, 0.15) is 23.6 Å². The van der Waals surface area contributed by atoms with E-state index in [-0.39, 0.29) is 23.6 Å². The number of hydrogen-bond acceptors (Lipinski definition) is 6. The maximum atomic E-state index is 13.2. The van der Waals surface area contributed by atoms with E-state index in [0.29, 0.717) is 49.4 Å². The highest BCUT2D eigenvalue weighted by atomic mass is 19.4. The minimum absolute atomic E-state index is 0.124. The summed E-state index contributed by atoms with van der Waals surface area (Å²) in [7, 11) is 1.71. The zero-order chi connectivity index (χ0) is 26.2. The molecule has 2 fully saturated rings. The Labute approximate surface area is 212 Å². The first-order valence-electron chi connectivity index (χ1n) is 12.7. The van der Waals surface area contributed by atoms with Crippen molar-refractivity contribution in [3.05, 3.63) is 52.4 Å². The smallest absolute Gasteiger partial charge is 0.416 e. The molecule has 4 heterocycles. The van der Waals surface area contributed by atoms with Gasteiger partial charge in [-0.25, -0.2) is 4.68 Å². The molecule has 0 amide bonds. The van der Waals surface area contributed by atoms with Crippen molar-refractivity contribution in [2.24, 2.45) is 7.05 Å². The van der Waals surface area contributed by atoms with Gasteiger partial charge in [-0.3, -0.25) is 4.79 Å². The lowest BCUT2D eigenvalue weighted by molar-refractivity contribution is -0.137. The summed E-state index contributed by atoms with van der Waals surface area (Å²) in [6.07, 6.45) is -0.135. The Morgan fingerprint density at radius 3 is 2.73 bits per heavy atom. The van der Waals surface area contributed by atoms with E-state index in [1.165, 1.54) is 12.1 Å². The molecule has 5 rings (SSSR count). The van der Waals surface area contributed by atoms with Crippen molar-refractivity contribution in [1.82, 2.24) is 14.3 Å². The topological polar surface area (TPSA) is 70.8 Å². The van der Waals surface area contributed by atoms with Crippen LogP contribution >= 0.6 is 0 Å². The number of piperidine rings is 1. The van der Waals surface area contributed by atoms with Gasteiger partial charge in [-0.2, -0.15) is 18.3 Å². The van der Waals surface area contributed by atoms with Gasteiger partial charge in [0.2, 0.25) is 0 Å². The van der Waals surface area contributed by atoms with Gasteiger partial charge in [0.05, 0.1) is 35.6 Å². The van der Waals surface area contributed by atoms with E-state index >= 15 is 0 Å². The molecule has 2 aromatic heterocycles. The molecule has 2 saturated heterocycles. The SMILES string of the molecule is CCO[C@@H]1CCN(c2cc(=O)n(C)c3cn(C4CCCCO4)nc23)C[C@H]1Oc1cccc(C(F)(F)F)c1. The highest BCUT2D eigenvalue weighted by molar-refractivity contribution is 5.88. The van der Waals surface area contributed by atoms with Crippen molar-refractivity contribution in [1.29, 1.82) is 0 Å². The molecule has 8 nitrogen and oxygen atoms in total. The fraction of sp³-hybridized carbons (Fsp3) is 0.538. The molecule has 3 aromatic rings. The summed E-state index contributed by atoms with van der Waals surface area (Å²) in [6.45, 7) is 3.91. The third-order valence-electron chi connectivity index (χ3n) is 7.03. The molecule has 0 spiro atoms. The van der Waals surface area contributed by atoms with Crippen LogP contribution in [0.3, 0.4) is 0 Å². The Hall–Kier alpha value is -3.05. The average Bonchev–Trinajstić information content (AvgIpc) is 3.34. The number of pyridine rings is 1. The van der Waals surface area contributed by atoms with Crippen molar-refractivity contribution in [3.63, 3.8) is 0 Å². The van der Waals surface area contributed by atoms with Gasteiger partial charge in [0, 0.05) is 32.9 Å². The van der Waals surface area contributed by atoms with E-state index in [0.717, 1.165) is 31.4 Å². The third-order valence-corrected chi connectivity index (χ3v) is 7.03. The van der Waals surface area contributed by atoms with Gasteiger partial charge in [-0.1, -0.05) is 6.07 Å². The molecule has 2 aliphatic rings. The normalized spacial score (nSPS) is 22.9. The van der Waals surface area contributed by atoms with Gasteiger partial charge in [-0.15, -0.1) is 0 Å². The van der Waals surface area contributed by atoms with Crippen LogP contribution in [0.15, 0.2) is 41.3 Å². The highest BCUT2D eigenvalue weighted by Gasteiger charge is 2.35. The van der Waals surface area contributed by atoms with Crippen LogP contribution in [0.1, 0.15) is 44.4 Å². The molecular formula is C26H31F3N4O4. The van der Waals surface area contributed by atoms with E-state index in [2.05, 4.69) is 0 Å². The molecule has 0 aliphatic carbocycles. The lowest BCUT2D eigenvalue weighted by Crippen LogP contribution is -2.51. The second-order valence-electron chi connectivity index (χ2n) is 9.50. The molecule has 0 saturated carbocycles. The summed E-state index contributed by atoms with van der Waals surface area (Å²) >= 11 is 0. The summed E-state index contributed by atoms with van der Waals surface area (Å²) in [5.74, 6) is 0.124. The second-order valence-corrected chi connectivity index (χ2v) is 9.50. The summed E-state index contributed by atoms with van der Waals surface area (Å²) in [4.78, 5) is 14.9. The van der Waals surface area contributed by atoms with Crippen molar-refractivity contribution in [3.8, 4) is 5.75 Å². The quantitative estimate of drug-likeness (QED) is 0.476. The number of aryl methyl sites for hydroxylation is 1. The van der Waals surface area contributed by atoms with E-state index in [1.54, 1.807) is 22.4 Å². The molecule has 1 aromatic carbocycles. The van der Waals surface area contributed by atoms with Gasteiger partial charge in [0.25, 0.3) is 5.56 Å².